The number of benzene rings is 1. The number of ether oxygens (including phenoxy) is 2. The van der Waals surface area contributed by atoms with E-state index in [1.54, 1.807) is 17.9 Å². The van der Waals surface area contributed by atoms with Crippen LogP contribution in [0.1, 0.15) is 57.0 Å². The maximum Gasteiger partial charge on any atom is 0.410 e. The lowest BCUT2D eigenvalue weighted by molar-refractivity contribution is 0.0526. The molecule has 1 unspecified atom stereocenters. The molecule has 0 saturated carbocycles. The quantitative estimate of drug-likeness (QED) is 0.742. The van der Waals surface area contributed by atoms with Crippen molar-refractivity contribution >= 4 is 17.6 Å². The van der Waals surface area contributed by atoms with Crippen LogP contribution in [0.5, 0.6) is 0 Å². The van der Waals surface area contributed by atoms with E-state index in [-0.39, 0.29) is 23.5 Å². The Kier molecular flexibility index (Phi) is 6.46. The summed E-state index contributed by atoms with van der Waals surface area (Å²) in [5, 5.41) is 0. The number of carbonyl (C=O) groups excluding carboxylic acids is 2. The van der Waals surface area contributed by atoms with Crippen molar-refractivity contribution in [3.63, 3.8) is 0 Å². The minimum Gasteiger partial charge on any atom is -0.462 e. The van der Waals surface area contributed by atoms with Crippen LogP contribution in [-0.2, 0) is 9.47 Å². The molecule has 2 rings (SSSR count). The van der Waals surface area contributed by atoms with E-state index in [0.29, 0.717) is 25.3 Å². The van der Waals surface area contributed by atoms with Crippen molar-refractivity contribution in [3.05, 3.63) is 41.5 Å². The van der Waals surface area contributed by atoms with Crippen molar-refractivity contribution in [1.29, 1.82) is 0 Å². The Morgan fingerprint density at radius 3 is 2.46 bits per heavy atom. The van der Waals surface area contributed by atoms with Crippen molar-refractivity contribution < 1.29 is 19.1 Å². The molecule has 0 spiro atoms. The minimum absolute atomic E-state index is 0.0726. The molecular formula is C21H29NO4. The molecule has 0 bridgehead atoms. The van der Waals surface area contributed by atoms with Gasteiger partial charge in [0, 0.05) is 6.54 Å². The number of carbonyl (C=O) groups is 2. The van der Waals surface area contributed by atoms with E-state index in [0.717, 1.165) is 17.6 Å². The molecule has 0 aromatic heterocycles. The van der Waals surface area contributed by atoms with Gasteiger partial charge in [-0.3, -0.25) is 0 Å². The number of esters is 1. The van der Waals surface area contributed by atoms with Gasteiger partial charge in [-0.2, -0.15) is 0 Å². The molecule has 5 heteroatoms. The maximum atomic E-state index is 12.3. The van der Waals surface area contributed by atoms with Crippen LogP contribution in [0.15, 0.2) is 30.3 Å². The van der Waals surface area contributed by atoms with Crippen molar-refractivity contribution in [2.45, 2.75) is 47.1 Å². The van der Waals surface area contributed by atoms with Gasteiger partial charge in [-0.25, -0.2) is 9.59 Å². The highest BCUT2D eigenvalue weighted by Crippen LogP contribution is 2.34. The second-order valence-corrected chi connectivity index (χ2v) is 7.45. The topological polar surface area (TPSA) is 55.8 Å². The lowest BCUT2D eigenvalue weighted by atomic mass is 9.81. The largest absolute Gasteiger partial charge is 0.462 e. The smallest absolute Gasteiger partial charge is 0.410 e. The second-order valence-electron chi connectivity index (χ2n) is 7.45. The van der Waals surface area contributed by atoms with Gasteiger partial charge in [0.05, 0.1) is 24.8 Å². The third kappa shape index (κ3) is 4.65. The second kappa shape index (κ2) is 8.39. The summed E-state index contributed by atoms with van der Waals surface area (Å²) in [4.78, 5) is 26.1. The fraction of sp³-hybridized carbons (Fsp3) is 0.524. The molecule has 1 aliphatic heterocycles. The van der Waals surface area contributed by atoms with Gasteiger partial charge in [0.1, 0.15) is 0 Å². The first kappa shape index (κ1) is 20.0. The van der Waals surface area contributed by atoms with Crippen LogP contribution in [0.3, 0.4) is 0 Å². The van der Waals surface area contributed by atoms with Gasteiger partial charge in [-0.05, 0) is 49.0 Å². The van der Waals surface area contributed by atoms with E-state index in [9.17, 15) is 9.59 Å². The number of rotatable bonds is 4. The van der Waals surface area contributed by atoms with E-state index in [2.05, 4.69) is 26.8 Å². The van der Waals surface area contributed by atoms with Crippen LogP contribution >= 0.6 is 0 Å². The summed E-state index contributed by atoms with van der Waals surface area (Å²) >= 11 is 0. The molecule has 1 aromatic carbocycles. The number of amides is 1. The van der Waals surface area contributed by atoms with Gasteiger partial charge >= 0.3 is 12.1 Å². The molecule has 0 aliphatic carbocycles. The van der Waals surface area contributed by atoms with E-state index in [4.69, 9.17) is 9.47 Å². The minimum atomic E-state index is -0.314. The van der Waals surface area contributed by atoms with Crippen LogP contribution in [-0.4, -0.2) is 42.8 Å². The van der Waals surface area contributed by atoms with Crippen LogP contribution in [0.25, 0.3) is 5.57 Å². The molecule has 1 heterocycles. The number of nitrogens with zero attached hydrogens (tertiary/aromatic N) is 1. The highest BCUT2D eigenvalue weighted by atomic mass is 16.6. The van der Waals surface area contributed by atoms with Crippen molar-refractivity contribution in [2.24, 2.45) is 5.41 Å². The fourth-order valence-electron chi connectivity index (χ4n) is 3.17. The SMILES string of the molecule is CCOC(=O)c1cccc(C2=CC(C(C)(C)C)N(C(=O)OCC)CC2)c1. The third-order valence-corrected chi connectivity index (χ3v) is 4.45. The third-order valence-electron chi connectivity index (χ3n) is 4.45. The molecule has 26 heavy (non-hydrogen) atoms. The molecule has 5 nitrogen and oxygen atoms in total. The molecule has 0 N–H and O–H groups in total. The van der Waals surface area contributed by atoms with E-state index in [1.807, 2.05) is 25.1 Å². The van der Waals surface area contributed by atoms with Crippen molar-refractivity contribution in [1.82, 2.24) is 4.90 Å². The zero-order chi connectivity index (χ0) is 19.3. The zero-order valence-corrected chi connectivity index (χ0v) is 16.4. The Morgan fingerprint density at radius 1 is 1.15 bits per heavy atom. The Hall–Kier alpha value is -2.30. The summed E-state index contributed by atoms with van der Waals surface area (Å²) in [6.07, 6.45) is 2.57. The summed E-state index contributed by atoms with van der Waals surface area (Å²) < 4.78 is 10.3. The highest BCUT2D eigenvalue weighted by Gasteiger charge is 2.35. The lowest BCUT2D eigenvalue weighted by Crippen LogP contribution is -2.49. The van der Waals surface area contributed by atoms with Gasteiger partial charge in [0.15, 0.2) is 0 Å². The van der Waals surface area contributed by atoms with E-state index in [1.165, 1.54) is 0 Å². The summed E-state index contributed by atoms with van der Waals surface area (Å²) in [7, 11) is 0. The number of hydrogen-bond acceptors (Lipinski definition) is 4. The molecule has 142 valence electrons. The molecule has 0 saturated heterocycles. The van der Waals surface area contributed by atoms with Crippen molar-refractivity contribution in [2.75, 3.05) is 19.8 Å². The zero-order valence-electron chi connectivity index (χ0n) is 16.4. The predicted octanol–water partition coefficient (Wildman–Crippen LogP) is 4.52. The van der Waals surface area contributed by atoms with Crippen LogP contribution < -0.4 is 0 Å². The van der Waals surface area contributed by atoms with Gasteiger partial charge in [-0.15, -0.1) is 0 Å². The summed E-state index contributed by atoms with van der Waals surface area (Å²) in [6.45, 7) is 11.3. The first-order valence-electron chi connectivity index (χ1n) is 9.19. The first-order valence-corrected chi connectivity index (χ1v) is 9.19. The van der Waals surface area contributed by atoms with Crippen LogP contribution in [0.4, 0.5) is 4.79 Å². The molecule has 0 fully saturated rings. The Bertz CT molecular complexity index is 687. The molecule has 1 aromatic rings. The summed E-state index contributed by atoms with van der Waals surface area (Å²) in [5.74, 6) is -0.314. The normalized spacial score (nSPS) is 17.5. The summed E-state index contributed by atoms with van der Waals surface area (Å²) in [6, 6.07) is 7.41. The number of hydrogen-bond donors (Lipinski definition) is 0. The average Bonchev–Trinajstić information content (AvgIpc) is 2.61. The average molecular weight is 359 g/mol. The Labute approximate surface area is 156 Å². The maximum absolute atomic E-state index is 12.3. The van der Waals surface area contributed by atoms with Gasteiger partial charge < -0.3 is 14.4 Å². The van der Waals surface area contributed by atoms with E-state index >= 15 is 0 Å². The standard InChI is InChI=1S/C21H29NO4/c1-6-25-19(23)17-10-8-9-15(13-17)16-11-12-22(20(24)26-7-2)18(14-16)21(3,4)5/h8-10,13-14,18H,6-7,11-12H2,1-5H3. The van der Waals surface area contributed by atoms with Crippen LogP contribution in [0.2, 0.25) is 0 Å². The Morgan fingerprint density at radius 2 is 1.85 bits per heavy atom. The molecule has 1 amide bonds. The molecule has 1 atom stereocenters. The highest BCUT2D eigenvalue weighted by molar-refractivity contribution is 5.90. The Balaban J connectivity index is 2.34. The van der Waals surface area contributed by atoms with Crippen molar-refractivity contribution in [3.8, 4) is 0 Å². The van der Waals surface area contributed by atoms with Gasteiger partial charge in [0.2, 0.25) is 0 Å². The fourth-order valence-corrected chi connectivity index (χ4v) is 3.17. The van der Waals surface area contributed by atoms with Crippen LogP contribution in [0, 0.1) is 5.41 Å². The monoisotopic (exact) mass is 359 g/mol. The molecule has 1 aliphatic rings. The van der Waals surface area contributed by atoms with Gasteiger partial charge in [-0.1, -0.05) is 39.0 Å². The predicted molar refractivity (Wildman–Crippen MR) is 102 cm³/mol. The first-order chi connectivity index (χ1) is 12.3. The lowest BCUT2D eigenvalue weighted by Gasteiger charge is -2.41. The molecule has 0 radical (unpaired) electrons. The van der Waals surface area contributed by atoms with E-state index < -0.39 is 0 Å². The molecular weight excluding hydrogens is 330 g/mol. The summed E-state index contributed by atoms with van der Waals surface area (Å²) in [5.41, 5.74) is 2.55. The van der Waals surface area contributed by atoms with Gasteiger partial charge in [0.25, 0.3) is 0 Å².